The lowest BCUT2D eigenvalue weighted by Crippen LogP contribution is -2.12. The lowest BCUT2D eigenvalue weighted by atomic mass is 10.2. The number of nitrogens with two attached hydrogens (primary N) is 1. The molecule has 0 saturated carbocycles. The van der Waals surface area contributed by atoms with Gasteiger partial charge in [-0.1, -0.05) is 6.92 Å². The third-order valence-electron chi connectivity index (χ3n) is 2.53. The molecule has 0 aliphatic rings. The Balaban J connectivity index is 2.63. The molecule has 0 heterocycles. The number of aromatic carboxylic acids is 1. The van der Waals surface area contributed by atoms with Crippen molar-refractivity contribution in [3.8, 4) is 5.75 Å². The minimum Gasteiger partial charge on any atom is -0.493 e. The summed E-state index contributed by atoms with van der Waals surface area (Å²) in [7, 11) is -3.03. The van der Waals surface area contributed by atoms with Crippen molar-refractivity contribution >= 4 is 21.5 Å². The number of benzene rings is 1. The van der Waals surface area contributed by atoms with Gasteiger partial charge in [0.1, 0.15) is 21.2 Å². The maximum atomic E-state index is 11.3. The van der Waals surface area contributed by atoms with Crippen molar-refractivity contribution in [3.05, 3.63) is 23.8 Å². The van der Waals surface area contributed by atoms with Gasteiger partial charge in [0.05, 0.1) is 12.4 Å². The highest BCUT2D eigenvalue weighted by atomic mass is 32.2. The fourth-order valence-corrected chi connectivity index (χ4v) is 2.29. The fraction of sp³-hybridized carbons (Fsp3) is 0.417. The van der Waals surface area contributed by atoms with Crippen LogP contribution in [0.15, 0.2) is 18.2 Å². The van der Waals surface area contributed by atoms with Gasteiger partial charge in [-0.25, -0.2) is 13.2 Å². The number of hydrogen-bond donors (Lipinski definition) is 2. The number of nitrogen functional groups attached to an aromatic ring is 1. The molecule has 0 saturated heterocycles. The highest BCUT2D eigenvalue weighted by Crippen LogP contribution is 2.22. The Labute approximate surface area is 112 Å². The number of carboxylic acids is 1. The van der Waals surface area contributed by atoms with E-state index in [0.29, 0.717) is 12.1 Å². The molecule has 7 heteroatoms. The van der Waals surface area contributed by atoms with Crippen molar-refractivity contribution in [2.75, 3.05) is 23.8 Å². The van der Waals surface area contributed by atoms with Crippen molar-refractivity contribution in [2.45, 2.75) is 13.3 Å². The second kappa shape index (κ2) is 6.42. The van der Waals surface area contributed by atoms with E-state index in [1.807, 2.05) is 0 Å². The van der Waals surface area contributed by atoms with Crippen LogP contribution in [0.1, 0.15) is 23.7 Å². The fourth-order valence-electron chi connectivity index (χ4n) is 1.44. The summed E-state index contributed by atoms with van der Waals surface area (Å²) in [5.74, 6) is -0.850. The highest BCUT2D eigenvalue weighted by Gasteiger charge is 2.12. The smallest absolute Gasteiger partial charge is 0.339 e. The molecular formula is C12H17NO5S. The van der Waals surface area contributed by atoms with Gasteiger partial charge in [0.2, 0.25) is 0 Å². The predicted octanol–water partition coefficient (Wildman–Crippen LogP) is 1.17. The topological polar surface area (TPSA) is 107 Å². The zero-order chi connectivity index (χ0) is 14.5. The molecule has 0 atom stereocenters. The van der Waals surface area contributed by atoms with E-state index in [9.17, 15) is 13.2 Å². The van der Waals surface area contributed by atoms with E-state index in [4.69, 9.17) is 15.6 Å². The molecule has 106 valence electrons. The van der Waals surface area contributed by atoms with Crippen LogP contribution >= 0.6 is 0 Å². The zero-order valence-electron chi connectivity index (χ0n) is 10.6. The van der Waals surface area contributed by atoms with Gasteiger partial charge >= 0.3 is 5.97 Å². The maximum absolute atomic E-state index is 11.3. The minimum absolute atomic E-state index is 0.00699. The van der Waals surface area contributed by atoms with Gasteiger partial charge in [0, 0.05) is 17.5 Å². The molecule has 0 aliphatic heterocycles. The highest BCUT2D eigenvalue weighted by molar-refractivity contribution is 7.91. The first-order chi connectivity index (χ1) is 8.85. The van der Waals surface area contributed by atoms with Crippen LogP contribution in [0.2, 0.25) is 0 Å². The van der Waals surface area contributed by atoms with Crippen LogP contribution in [0.5, 0.6) is 5.75 Å². The first kappa shape index (κ1) is 15.3. The number of ether oxygens (including phenoxy) is 1. The molecule has 6 nitrogen and oxygen atoms in total. The monoisotopic (exact) mass is 287 g/mol. The number of sulfone groups is 1. The Morgan fingerprint density at radius 3 is 2.68 bits per heavy atom. The normalized spacial score (nSPS) is 11.2. The largest absolute Gasteiger partial charge is 0.493 e. The van der Waals surface area contributed by atoms with Crippen molar-refractivity contribution < 1.29 is 23.1 Å². The summed E-state index contributed by atoms with van der Waals surface area (Å²) in [5, 5.41) is 8.96. The third-order valence-corrected chi connectivity index (χ3v) is 4.32. The number of anilines is 1. The van der Waals surface area contributed by atoms with Crippen LogP contribution in [0.3, 0.4) is 0 Å². The summed E-state index contributed by atoms with van der Waals surface area (Å²) in [6.45, 7) is 1.71. The van der Waals surface area contributed by atoms with Gasteiger partial charge in [-0.15, -0.1) is 0 Å². The second-order valence-corrected chi connectivity index (χ2v) is 6.47. The van der Waals surface area contributed by atoms with Gasteiger partial charge in [-0.2, -0.15) is 0 Å². The molecule has 1 aromatic rings. The summed E-state index contributed by atoms with van der Waals surface area (Å²) in [6, 6.07) is 4.24. The second-order valence-electron chi connectivity index (χ2n) is 4.00. The van der Waals surface area contributed by atoms with Crippen LogP contribution < -0.4 is 10.5 Å². The third kappa shape index (κ3) is 4.78. The first-order valence-corrected chi connectivity index (χ1v) is 7.64. The van der Waals surface area contributed by atoms with E-state index in [1.54, 1.807) is 6.92 Å². The van der Waals surface area contributed by atoms with Crippen LogP contribution in [0.4, 0.5) is 5.69 Å². The molecule has 1 aromatic carbocycles. The van der Waals surface area contributed by atoms with E-state index in [1.165, 1.54) is 18.2 Å². The Hall–Kier alpha value is -1.76. The van der Waals surface area contributed by atoms with Gasteiger partial charge in [0.15, 0.2) is 0 Å². The average Bonchev–Trinajstić information content (AvgIpc) is 2.34. The van der Waals surface area contributed by atoms with E-state index in [0.717, 1.165) is 0 Å². The molecule has 0 bridgehead atoms. The molecule has 0 fully saturated rings. The number of rotatable bonds is 7. The minimum atomic E-state index is -3.03. The Bertz CT molecular complexity index is 553. The van der Waals surface area contributed by atoms with Crippen LogP contribution in [-0.4, -0.2) is 37.6 Å². The SMILES string of the molecule is CCS(=O)(=O)CCCOc1cc(N)ccc1C(=O)O. The molecule has 0 aromatic heterocycles. The summed E-state index contributed by atoms with van der Waals surface area (Å²) in [5.41, 5.74) is 5.95. The van der Waals surface area contributed by atoms with Crippen molar-refractivity contribution in [2.24, 2.45) is 0 Å². The number of hydrogen-bond acceptors (Lipinski definition) is 5. The molecule has 0 unspecified atom stereocenters. The molecule has 0 radical (unpaired) electrons. The van der Waals surface area contributed by atoms with Gasteiger partial charge in [0.25, 0.3) is 0 Å². The molecular weight excluding hydrogens is 270 g/mol. The van der Waals surface area contributed by atoms with Crippen molar-refractivity contribution in [3.63, 3.8) is 0 Å². The summed E-state index contributed by atoms with van der Waals surface area (Å²) >= 11 is 0. The quantitative estimate of drug-likeness (QED) is 0.576. The molecule has 0 aliphatic carbocycles. The van der Waals surface area contributed by atoms with Crippen LogP contribution in [0.25, 0.3) is 0 Å². The Kier molecular flexibility index (Phi) is 5.17. The molecule has 19 heavy (non-hydrogen) atoms. The summed E-state index contributed by atoms with van der Waals surface area (Å²) in [6.07, 6.45) is 0.310. The van der Waals surface area contributed by atoms with Gasteiger partial charge in [-0.3, -0.25) is 0 Å². The predicted molar refractivity (Wildman–Crippen MR) is 72.3 cm³/mol. The van der Waals surface area contributed by atoms with E-state index >= 15 is 0 Å². The zero-order valence-corrected chi connectivity index (χ0v) is 11.4. The molecule has 3 N–H and O–H groups in total. The van der Waals surface area contributed by atoms with E-state index in [2.05, 4.69) is 0 Å². The molecule has 1 rings (SSSR count). The average molecular weight is 287 g/mol. The summed E-state index contributed by atoms with van der Waals surface area (Å²) < 4.78 is 27.8. The van der Waals surface area contributed by atoms with Crippen molar-refractivity contribution in [1.82, 2.24) is 0 Å². The van der Waals surface area contributed by atoms with Gasteiger partial charge < -0.3 is 15.6 Å². The summed E-state index contributed by atoms with van der Waals surface area (Å²) in [4.78, 5) is 11.0. The lowest BCUT2D eigenvalue weighted by Gasteiger charge is -2.09. The Morgan fingerprint density at radius 1 is 1.42 bits per heavy atom. The number of carbonyl (C=O) groups is 1. The lowest BCUT2D eigenvalue weighted by molar-refractivity contribution is 0.0692. The maximum Gasteiger partial charge on any atom is 0.339 e. The van der Waals surface area contributed by atoms with Crippen LogP contribution in [0, 0.1) is 0 Å². The van der Waals surface area contributed by atoms with Crippen LogP contribution in [-0.2, 0) is 9.84 Å². The van der Waals surface area contributed by atoms with E-state index < -0.39 is 15.8 Å². The standard InChI is InChI=1S/C12H17NO5S/c1-2-19(16,17)7-3-6-18-11-8-9(13)4-5-10(11)12(14)15/h4-5,8H,2-3,6-7,13H2,1H3,(H,14,15). The molecule has 0 amide bonds. The first-order valence-electron chi connectivity index (χ1n) is 5.82. The van der Waals surface area contributed by atoms with E-state index in [-0.39, 0.29) is 29.4 Å². The molecule has 0 spiro atoms. The van der Waals surface area contributed by atoms with Crippen molar-refractivity contribution in [1.29, 1.82) is 0 Å². The Morgan fingerprint density at radius 2 is 2.11 bits per heavy atom. The number of carboxylic acid groups (broad SMARTS) is 1. The van der Waals surface area contributed by atoms with Gasteiger partial charge in [-0.05, 0) is 18.6 Å².